The average Bonchev–Trinajstić information content (AvgIpc) is 2.58. The molecule has 2 radical (unpaired) electrons. The van der Waals surface area contributed by atoms with Gasteiger partial charge in [-0.1, -0.05) is 12.2 Å². The van der Waals surface area contributed by atoms with E-state index >= 15 is 0 Å². The van der Waals surface area contributed by atoms with Crippen molar-refractivity contribution in [3.63, 3.8) is 0 Å². The fourth-order valence-electron chi connectivity index (χ4n) is 1.28. The summed E-state index contributed by atoms with van der Waals surface area (Å²) in [5.74, 6) is 0.222. The molecule has 2 rings (SSSR count). The molecule has 2 atom stereocenters. The van der Waals surface area contributed by atoms with E-state index in [1.807, 2.05) is 12.2 Å². The van der Waals surface area contributed by atoms with Crippen molar-refractivity contribution in [2.45, 2.75) is 12.5 Å². The first-order chi connectivity index (χ1) is 5.47. The minimum absolute atomic E-state index is 0.222. The second-order valence-electron chi connectivity index (χ2n) is 2.67. The van der Waals surface area contributed by atoms with E-state index < -0.39 is 0 Å². The number of ether oxygens (including phenoxy) is 2. The zero-order valence-corrected chi connectivity index (χ0v) is 6.19. The van der Waals surface area contributed by atoms with Gasteiger partial charge in [-0.15, -0.1) is 0 Å². The summed E-state index contributed by atoms with van der Waals surface area (Å²) in [5.41, 5.74) is 0. The van der Waals surface area contributed by atoms with Gasteiger partial charge in [-0.2, -0.15) is 0 Å². The number of hydrogen-bond donors (Lipinski definition) is 0. The van der Waals surface area contributed by atoms with Gasteiger partial charge < -0.3 is 9.47 Å². The van der Waals surface area contributed by atoms with Crippen molar-refractivity contribution in [3.8, 4) is 0 Å². The lowest BCUT2D eigenvalue weighted by atomic mass is 10.0. The van der Waals surface area contributed by atoms with Crippen LogP contribution in [-0.4, -0.2) is 12.7 Å². The summed E-state index contributed by atoms with van der Waals surface area (Å²) in [5, 5.41) is 0. The molecule has 0 aliphatic carbocycles. The molecule has 2 heterocycles. The van der Waals surface area contributed by atoms with Gasteiger partial charge >= 0.3 is 0 Å². The van der Waals surface area contributed by atoms with Crippen LogP contribution in [-0.2, 0) is 9.47 Å². The molecule has 2 heteroatoms. The molecule has 0 fully saturated rings. The Morgan fingerprint density at radius 1 is 1.36 bits per heavy atom. The van der Waals surface area contributed by atoms with E-state index in [1.165, 1.54) is 0 Å². The molecule has 2 aliphatic heterocycles. The van der Waals surface area contributed by atoms with E-state index in [-0.39, 0.29) is 12.0 Å². The van der Waals surface area contributed by atoms with Gasteiger partial charge in [0.1, 0.15) is 0 Å². The molecule has 58 valence electrons. The first kappa shape index (κ1) is 6.92. The zero-order valence-electron chi connectivity index (χ0n) is 6.19. The molecule has 0 aromatic carbocycles. The summed E-state index contributed by atoms with van der Waals surface area (Å²) >= 11 is 0. The van der Waals surface area contributed by atoms with Crippen molar-refractivity contribution in [2.75, 3.05) is 6.61 Å². The Balaban J connectivity index is 1.93. The van der Waals surface area contributed by atoms with E-state index in [0.717, 1.165) is 13.0 Å². The molecule has 0 saturated carbocycles. The van der Waals surface area contributed by atoms with Crippen LogP contribution in [0.1, 0.15) is 6.42 Å². The maximum atomic E-state index is 5.48. The van der Waals surface area contributed by atoms with Crippen molar-refractivity contribution in [1.29, 1.82) is 0 Å². The maximum absolute atomic E-state index is 5.48. The SMILES string of the molecule is [C]1OC=CC1C1CC=CCO1. The predicted octanol–water partition coefficient (Wildman–Crippen LogP) is 1.53. The van der Waals surface area contributed by atoms with Gasteiger partial charge in [0.15, 0.2) is 0 Å². The zero-order chi connectivity index (χ0) is 7.52. The fourth-order valence-corrected chi connectivity index (χ4v) is 1.28. The van der Waals surface area contributed by atoms with Crippen molar-refractivity contribution < 1.29 is 9.47 Å². The quantitative estimate of drug-likeness (QED) is 0.528. The molecular weight excluding hydrogens is 140 g/mol. The number of rotatable bonds is 1. The van der Waals surface area contributed by atoms with Crippen molar-refractivity contribution in [2.24, 2.45) is 5.92 Å². The first-order valence-corrected chi connectivity index (χ1v) is 3.81. The van der Waals surface area contributed by atoms with E-state index in [4.69, 9.17) is 9.47 Å². The molecule has 2 aliphatic rings. The Morgan fingerprint density at radius 2 is 2.36 bits per heavy atom. The normalized spacial score (nSPS) is 35.6. The highest BCUT2D eigenvalue weighted by Crippen LogP contribution is 2.23. The van der Waals surface area contributed by atoms with Crippen molar-refractivity contribution in [3.05, 3.63) is 31.1 Å². The Bertz CT molecular complexity index is 184. The van der Waals surface area contributed by atoms with E-state index in [9.17, 15) is 0 Å². The topological polar surface area (TPSA) is 18.5 Å². The lowest BCUT2D eigenvalue weighted by molar-refractivity contribution is 0.0394. The molecule has 0 bridgehead atoms. The van der Waals surface area contributed by atoms with E-state index in [0.29, 0.717) is 0 Å². The lowest BCUT2D eigenvalue weighted by Crippen LogP contribution is -2.23. The highest BCUT2D eigenvalue weighted by atomic mass is 16.5. The molecule has 0 amide bonds. The fraction of sp³-hybridized carbons (Fsp3) is 0.444. The van der Waals surface area contributed by atoms with Crippen LogP contribution >= 0.6 is 0 Å². The third kappa shape index (κ3) is 1.46. The molecule has 2 nitrogen and oxygen atoms in total. The summed E-state index contributed by atoms with van der Waals surface area (Å²) in [6.45, 7) is 3.58. The van der Waals surface area contributed by atoms with Crippen LogP contribution in [0.2, 0.25) is 0 Å². The second-order valence-corrected chi connectivity index (χ2v) is 2.67. The molecule has 2 unspecified atom stereocenters. The minimum Gasteiger partial charge on any atom is -0.486 e. The van der Waals surface area contributed by atoms with E-state index in [2.05, 4.69) is 12.7 Å². The Labute approximate surface area is 66.5 Å². The lowest BCUT2D eigenvalue weighted by Gasteiger charge is -2.21. The van der Waals surface area contributed by atoms with Crippen molar-refractivity contribution in [1.82, 2.24) is 0 Å². The smallest absolute Gasteiger partial charge is 0.205 e. The highest BCUT2D eigenvalue weighted by Gasteiger charge is 2.24. The Morgan fingerprint density at radius 3 is 3.00 bits per heavy atom. The van der Waals surface area contributed by atoms with Crippen LogP contribution in [0.25, 0.3) is 0 Å². The summed E-state index contributed by atoms with van der Waals surface area (Å²) in [4.78, 5) is 0. The Hall–Kier alpha value is -0.760. The van der Waals surface area contributed by atoms with Gasteiger partial charge in [0.2, 0.25) is 6.61 Å². The summed E-state index contributed by atoms with van der Waals surface area (Å²) in [6, 6.07) is 0. The highest BCUT2D eigenvalue weighted by molar-refractivity contribution is 5.03. The number of hydrogen-bond acceptors (Lipinski definition) is 2. The van der Waals surface area contributed by atoms with Gasteiger partial charge in [-0.05, 0) is 12.5 Å². The molecule has 11 heavy (non-hydrogen) atoms. The third-order valence-electron chi connectivity index (χ3n) is 1.90. The molecule has 0 aromatic rings. The van der Waals surface area contributed by atoms with Gasteiger partial charge in [-0.25, -0.2) is 0 Å². The van der Waals surface area contributed by atoms with Gasteiger partial charge in [-0.3, -0.25) is 0 Å². The maximum Gasteiger partial charge on any atom is 0.205 e. The van der Waals surface area contributed by atoms with Crippen LogP contribution in [0.15, 0.2) is 24.5 Å². The molecule has 0 N–H and O–H groups in total. The Kier molecular flexibility index (Phi) is 1.95. The van der Waals surface area contributed by atoms with Crippen LogP contribution in [0.4, 0.5) is 0 Å². The monoisotopic (exact) mass is 150 g/mol. The summed E-state index contributed by atoms with van der Waals surface area (Å²) in [7, 11) is 0. The molecule has 0 saturated heterocycles. The van der Waals surface area contributed by atoms with Crippen LogP contribution in [0.3, 0.4) is 0 Å². The molecular formula is C9H10O2. The van der Waals surface area contributed by atoms with Crippen LogP contribution < -0.4 is 0 Å². The van der Waals surface area contributed by atoms with E-state index in [1.54, 1.807) is 6.26 Å². The average molecular weight is 150 g/mol. The second kappa shape index (κ2) is 3.09. The summed E-state index contributed by atoms with van der Waals surface area (Å²) < 4.78 is 10.4. The van der Waals surface area contributed by atoms with Gasteiger partial charge in [0.05, 0.1) is 24.9 Å². The summed E-state index contributed by atoms with van der Waals surface area (Å²) in [6.07, 6.45) is 9.01. The minimum atomic E-state index is 0.222. The van der Waals surface area contributed by atoms with Gasteiger partial charge in [0.25, 0.3) is 0 Å². The molecule has 0 spiro atoms. The van der Waals surface area contributed by atoms with Crippen molar-refractivity contribution >= 4 is 0 Å². The van der Waals surface area contributed by atoms with Gasteiger partial charge in [0, 0.05) is 0 Å². The molecule has 0 aromatic heterocycles. The largest absolute Gasteiger partial charge is 0.486 e. The van der Waals surface area contributed by atoms with Crippen LogP contribution in [0, 0.1) is 12.5 Å². The predicted molar refractivity (Wildman–Crippen MR) is 40.5 cm³/mol. The standard InChI is InChI=1S/C9H10O2/c1-2-5-11-9(3-1)8-4-6-10-7-8/h1-2,4,6,8-9H,3,5H2. The third-order valence-corrected chi connectivity index (χ3v) is 1.90. The first-order valence-electron chi connectivity index (χ1n) is 3.81. The van der Waals surface area contributed by atoms with Crippen LogP contribution in [0.5, 0.6) is 0 Å².